The second-order valence-electron chi connectivity index (χ2n) is 0.829. The van der Waals surface area contributed by atoms with E-state index in [1.807, 2.05) is 0 Å². The molecule has 0 saturated heterocycles. The van der Waals surface area contributed by atoms with E-state index in [4.69, 9.17) is 25.9 Å². The second kappa shape index (κ2) is 3.04. The Morgan fingerprint density at radius 1 is 0.778 bits per heavy atom. The third-order valence-corrected chi connectivity index (χ3v) is 0. The van der Waals surface area contributed by atoms with E-state index in [-0.39, 0.29) is 0 Å². The molecule has 0 fully saturated rings. The Bertz CT molecular complexity index is 353. The van der Waals surface area contributed by atoms with Crippen LogP contribution in [0.1, 0.15) is 0 Å². The third kappa shape index (κ3) is 3410. The molecular weight excluding hydrogens is 236 g/mol. The van der Waals surface area contributed by atoms with Gasteiger partial charge in [-0.15, -0.1) is 0 Å². The van der Waals surface area contributed by atoms with Crippen molar-refractivity contribution in [2.24, 2.45) is 0 Å². The molecule has 0 bridgehead atoms. The standard InChI is InChI=1S/GeO2.5O.V/c2-1-3;;;;;;. The molecule has 9 heavy (non-hydrogen) atoms. The van der Waals surface area contributed by atoms with Gasteiger partial charge in [-0.05, 0) is 0 Å². The van der Waals surface area contributed by atoms with E-state index in [2.05, 4.69) is 0 Å². The van der Waals surface area contributed by atoms with Gasteiger partial charge >= 0.3 is 53.9 Å². The zero-order valence-electron chi connectivity index (χ0n) is 3.80. The average Bonchev–Trinajstić information content (AvgIpc) is 1.23. The van der Waals surface area contributed by atoms with Crippen molar-refractivity contribution >= 4 is 15.3 Å². The van der Waals surface area contributed by atoms with Gasteiger partial charge in [-0.25, -0.2) is 0 Å². The fourth-order valence-corrected chi connectivity index (χ4v) is 0. The van der Waals surface area contributed by atoms with Crippen LogP contribution in [0, 0.1) is 0 Å². The summed E-state index contributed by atoms with van der Waals surface area (Å²) in [5, 5.41) is 0. The van der Waals surface area contributed by atoms with E-state index in [1.165, 1.54) is 0 Å². The van der Waals surface area contributed by atoms with Gasteiger partial charge in [0.15, 0.2) is 0 Å². The molecule has 0 heterocycles. The van der Waals surface area contributed by atoms with Crippen LogP contribution in [0.4, 0.5) is 0 Å². The van der Waals surface area contributed by atoms with Crippen LogP contribution in [0.15, 0.2) is 0 Å². The van der Waals surface area contributed by atoms with Crippen molar-refractivity contribution in [1.82, 2.24) is 0 Å². The molecule has 0 aromatic carbocycles. The summed E-state index contributed by atoms with van der Waals surface area (Å²) in [4.78, 5) is 0. The van der Waals surface area contributed by atoms with Crippen LogP contribution in [0.3, 0.4) is 0 Å². The minimum absolute atomic E-state index is 2.00. The van der Waals surface area contributed by atoms with Crippen molar-refractivity contribution in [1.29, 1.82) is 0 Å². The summed E-state index contributed by atoms with van der Waals surface area (Å²) in [6.07, 6.45) is 0. The molecular formula is GeO7V. The van der Waals surface area contributed by atoms with Crippen molar-refractivity contribution in [3.8, 4) is 0 Å². The van der Waals surface area contributed by atoms with E-state index in [0.717, 1.165) is 0 Å². The molecule has 0 aliphatic heterocycles. The number of rotatable bonds is 0. The van der Waals surface area contributed by atoms with Crippen LogP contribution in [-0.4, -0.2) is 15.3 Å². The van der Waals surface area contributed by atoms with Crippen molar-refractivity contribution in [3.05, 3.63) is 0 Å². The van der Waals surface area contributed by atoms with Crippen LogP contribution in [-0.2, 0) is 38.5 Å². The summed E-state index contributed by atoms with van der Waals surface area (Å²) in [5.41, 5.74) is 0. The topological polar surface area (TPSA) is 119 Å². The van der Waals surface area contributed by atoms with Gasteiger partial charge in [-0.1, -0.05) is 0 Å². The molecule has 0 N–H and O–H groups in total. The van der Waals surface area contributed by atoms with Crippen LogP contribution >= 0.6 is 0 Å². The Morgan fingerprint density at radius 3 is 0.778 bits per heavy atom. The van der Waals surface area contributed by atoms with E-state index >= 15 is 0 Å². The first-order chi connectivity index (χ1) is 3.65. The molecule has 0 saturated carbocycles. The summed E-state index contributed by atoms with van der Waals surface area (Å²) in [5.74, 6) is 0. The summed E-state index contributed by atoms with van der Waals surface area (Å²) in [6, 6.07) is 0. The van der Waals surface area contributed by atoms with Gasteiger partial charge in [0.1, 0.15) is 0 Å². The minimum atomic E-state index is -7.74. The van der Waals surface area contributed by atoms with Gasteiger partial charge in [-0.2, -0.15) is 0 Å². The van der Waals surface area contributed by atoms with Crippen molar-refractivity contribution in [3.63, 3.8) is 0 Å². The maximum absolute atomic E-state index is 8.64. The molecule has 0 atom stereocenters. The van der Waals surface area contributed by atoms with Crippen molar-refractivity contribution in [2.75, 3.05) is 0 Å². The fourth-order valence-electron chi connectivity index (χ4n) is 0. The SMILES string of the molecule is [O]=[Ge]=[O].[O]=[V](=[O])(=[O])(=[O])=[O]. The molecule has 0 amide bonds. The first-order valence-electron chi connectivity index (χ1n) is 1.32. The van der Waals surface area contributed by atoms with Gasteiger partial charge in [-0.3, -0.25) is 0 Å². The Labute approximate surface area is 54.2 Å². The fraction of sp³-hybridized carbons (Fsp3) is 0. The van der Waals surface area contributed by atoms with E-state index < -0.39 is 27.9 Å². The molecule has 0 spiro atoms. The summed E-state index contributed by atoms with van der Waals surface area (Å²) >= 11 is -9.74. The molecule has 0 aromatic heterocycles. The Hall–Kier alpha value is -0.273. The summed E-state index contributed by atoms with van der Waals surface area (Å²) < 4.78 is 60.2. The molecule has 0 aromatic rings. The van der Waals surface area contributed by atoms with Gasteiger partial charge in [0.05, 0.1) is 0 Å². The van der Waals surface area contributed by atoms with Crippen LogP contribution < -0.4 is 0 Å². The van der Waals surface area contributed by atoms with E-state index in [1.54, 1.807) is 0 Å². The quantitative estimate of drug-likeness (QED) is 0.483. The zero-order chi connectivity index (χ0) is 8.15. The Kier molecular flexibility index (Phi) is 3.89. The van der Waals surface area contributed by atoms with Gasteiger partial charge < -0.3 is 0 Å². The van der Waals surface area contributed by atoms with Gasteiger partial charge in [0.25, 0.3) is 0 Å². The molecule has 0 rings (SSSR count). The molecule has 51 valence electrons. The molecule has 0 unspecified atom stereocenters. The molecule has 0 radical (unpaired) electrons. The first kappa shape index (κ1) is 11.5. The van der Waals surface area contributed by atoms with Crippen LogP contribution in [0.5, 0.6) is 0 Å². The summed E-state index contributed by atoms with van der Waals surface area (Å²) in [6.45, 7) is 0. The van der Waals surface area contributed by atoms with Crippen molar-refractivity contribution in [2.45, 2.75) is 0 Å². The predicted octanol–water partition coefficient (Wildman–Crippen LogP) is -1.21. The normalized spacial score (nSPS) is 7.56. The molecule has 7 nitrogen and oxygen atoms in total. The Balaban J connectivity index is 0. The van der Waals surface area contributed by atoms with Crippen LogP contribution in [0.25, 0.3) is 0 Å². The number of hydrogen-bond acceptors (Lipinski definition) is 7. The predicted molar refractivity (Wildman–Crippen MR) is 10.6 cm³/mol. The van der Waals surface area contributed by atoms with E-state index in [0.29, 0.717) is 0 Å². The second-order valence-corrected chi connectivity index (χ2v) is 3.51. The Morgan fingerprint density at radius 2 is 0.778 bits per heavy atom. The van der Waals surface area contributed by atoms with E-state index in [9.17, 15) is 0 Å². The van der Waals surface area contributed by atoms with Crippen molar-refractivity contribution < 1.29 is 38.5 Å². The zero-order valence-corrected chi connectivity index (χ0v) is 7.30. The van der Waals surface area contributed by atoms with Gasteiger partial charge in [0, 0.05) is 0 Å². The molecule has 0 aliphatic rings. The number of hydrogen-bond donors (Lipinski definition) is 0. The molecule has 9 heteroatoms. The van der Waals surface area contributed by atoms with Crippen LogP contribution in [0.2, 0.25) is 0 Å². The average molecular weight is 236 g/mol. The molecule has 0 aliphatic carbocycles. The summed E-state index contributed by atoms with van der Waals surface area (Å²) in [7, 11) is 0. The monoisotopic (exact) mass is 237 g/mol. The maximum atomic E-state index is 8.64. The third-order valence-electron chi connectivity index (χ3n) is 0. The first-order valence-corrected chi connectivity index (χ1v) is 5.89. The van der Waals surface area contributed by atoms with Gasteiger partial charge in [0.2, 0.25) is 0 Å².